The topological polar surface area (TPSA) is 29.3 Å². The van der Waals surface area contributed by atoms with Crippen molar-refractivity contribution >= 4 is 5.69 Å². The molecule has 0 aliphatic carbocycles. The van der Waals surface area contributed by atoms with Gasteiger partial charge in [0, 0.05) is 24.8 Å². The molecule has 0 bridgehead atoms. The van der Waals surface area contributed by atoms with Crippen molar-refractivity contribution in [3.63, 3.8) is 0 Å². The van der Waals surface area contributed by atoms with Gasteiger partial charge in [0.25, 0.3) is 0 Å². The van der Waals surface area contributed by atoms with E-state index in [4.69, 9.17) is 5.73 Å². The van der Waals surface area contributed by atoms with Crippen LogP contribution < -0.4 is 10.6 Å². The predicted octanol–water partition coefficient (Wildman–Crippen LogP) is 3.04. The first-order chi connectivity index (χ1) is 8.65. The van der Waals surface area contributed by atoms with Gasteiger partial charge in [-0.25, -0.2) is 0 Å². The number of nitrogens with two attached hydrogens (primary N) is 1. The molecule has 1 aromatic carbocycles. The van der Waals surface area contributed by atoms with Gasteiger partial charge in [0.15, 0.2) is 0 Å². The Hall–Kier alpha value is -1.02. The molecule has 0 spiro atoms. The number of nitrogens with zero attached hydrogens (tertiary/aromatic N) is 1. The van der Waals surface area contributed by atoms with Gasteiger partial charge in [-0.15, -0.1) is 0 Å². The molecule has 3 rings (SSSR count). The summed E-state index contributed by atoms with van der Waals surface area (Å²) < 4.78 is 0. The molecular formula is C16H24N2. The molecule has 0 amide bonds. The molecule has 98 valence electrons. The average Bonchev–Trinajstić information content (AvgIpc) is 2.74. The smallest absolute Gasteiger partial charge is 0.0432 e. The number of rotatable bonds is 3. The summed E-state index contributed by atoms with van der Waals surface area (Å²) in [5, 5.41) is 0. The van der Waals surface area contributed by atoms with Crippen LogP contribution in [0.25, 0.3) is 0 Å². The standard InChI is InChI=1S/C16H24N2/c1-11(2)8-15(17)14-9-12-4-3-6-18-7-5-13(10-14)16(12)18/h9-11,15H,3-8,17H2,1-2H3. The van der Waals surface area contributed by atoms with Crippen LogP contribution in [0.3, 0.4) is 0 Å². The van der Waals surface area contributed by atoms with Crippen molar-refractivity contribution in [2.75, 3.05) is 18.0 Å². The highest BCUT2D eigenvalue weighted by atomic mass is 15.2. The molecule has 1 atom stereocenters. The van der Waals surface area contributed by atoms with Gasteiger partial charge in [-0.2, -0.15) is 0 Å². The van der Waals surface area contributed by atoms with Gasteiger partial charge in [-0.05, 0) is 48.3 Å². The first-order valence-electron chi connectivity index (χ1n) is 7.31. The van der Waals surface area contributed by atoms with Crippen molar-refractivity contribution in [1.82, 2.24) is 0 Å². The molecule has 0 saturated carbocycles. The highest BCUT2D eigenvalue weighted by Gasteiger charge is 2.26. The molecule has 1 aromatic rings. The van der Waals surface area contributed by atoms with E-state index in [9.17, 15) is 0 Å². The van der Waals surface area contributed by atoms with Crippen molar-refractivity contribution in [1.29, 1.82) is 0 Å². The Morgan fingerprint density at radius 3 is 2.61 bits per heavy atom. The Balaban J connectivity index is 1.94. The second kappa shape index (κ2) is 4.58. The van der Waals surface area contributed by atoms with Crippen LogP contribution in [-0.4, -0.2) is 13.1 Å². The van der Waals surface area contributed by atoms with Gasteiger partial charge < -0.3 is 10.6 Å². The van der Waals surface area contributed by atoms with Crippen molar-refractivity contribution in [3.8, 4) is 0 Å². The van der Waals surface area contributed by atoms with Crippen molar-refractivity contribution in [2.45, 2.75) is 45.6 Å². The first-order valence-corrected chi connectivity index (χ1v) is 7.31. The number of hydrogen-bond donors (Lipinski definition) is 1. The number of anilines is 1. The SMILES string of the molecule is CC(C)CC(N)c1cc2c3c(c1)CCN3CCC2. The van der Waals surface area contributed by atoms with E-state index >= 15 is 0 Å². The molecular weight excluding hydrogens is 220 g/mol. The fourth-order valence-electron chi connectivity index (χ4n) is 3.48. The summed E-state index contributed by atoms with van der Waals surface area (Å²) in [4.78, 5) is 2.56. The lowest BCUT2D eigenvalue weighted by molar-refractivity contribution is 0.509. The van der Waals surface area contributed by atoms with Crippen LogP contribution in [0.2, 0.25) is 0 Å². The van der Waals surface area contributed by atoms with E-state index in [-0.39, 0.29) is 6.04 Å². The summed E-state index contributed by atoms with van der Waals surface area (Å²) in [5.41, 5.74) is 12.3. The first kappa shape index (κ1) is 12.0. The Bertz CT molecular complexity index is 451. The maximum absolute atomic E-state index is 6.35. The molecule has 2 N–H and O–H groups in total. The lowest BCUT2D eigenvalue weighted by Crippen LogP contribution is -2.26. The lowest BCUT2D eigenvalue weighted by Gasteiger charge is -2.28. The quantitative estimate of drug-likeness (QED) is 0.885. The summed E-state index contributed by atoms with van der Waals surface area (Å²) in [7, 11) is 0. The van der Waals surface area contributed by atoms with E-state index in [0.717, 1.165) is 6.42 Å². The van der Waals surface area contributed by atoms with E-state index in [0.29, 0.717) is 5.92 Å². The van der Waals surface area contributed by atoms with Gasteiger partial charge >= 0.3 is 0 Å². The van der Waals surface area contributed by atoms with Crippen LogP contribution in [0.15, 0.2) is 12.1 Å². The van der Waals surface area contributed by atoms with E-state index in [2.05, 4.69) is 30.9 Å². The van der Waals surface area contributed by atoms with Gasteiger partial charge in [0.1, 0.15) is 0 Å². The Morgan fingerprint density at radius 2 is 1.89 bits per heavy atom. The number of benzene rings is 1. The zero-order chi connectivity index (χ0) is 12.7. The van der Waals surface area contributed by atoms with Crippen LogP contribution in [0, 0.1) is 5.92 Å². The van der Waals surface area contributed by atoms with E-state index in [1.54, 1.807) is 16.8 Å². The zero-order valence-electron chi connectivity index (χ0n) is 11.6. The molecule has 18 heavy (non-hydrogen) atoms. The van der Waals surface area contributed by atoms with Gasteiger partial charge in [-0.3, -0.25) is 0 Å². The van der Waals surface area contributed by atoms with E-state index < -0.39 is 0 Å². The van der Waals surface area contributed by atoms with E-state index in [1.165, 1.54) is 37.9 Å². The second-order valence-corrected chi connectivity index (χ2v) is 6.26. The summed E-state index contributed by atoms with van der Waals surface area (Å²) in [5.74, 6) is 0.668. The maximum atomic E-state index is 6.35. The second-order valence-electron chi connectivity index (χ2n) is 6.26. The Morgan fingerprint density at radius 1 is 1.17 bits per heavy atom. The molecule has 2 heterocycles. The molecule has 0 radical (unpaired) electrons. The summed E-state index contributed by atoms with van der Waals surface area (Å²) >= 11 is 0. The molecule has 2 aliphatic rings. The van der Waals surface area contributed by atoms with Crippen LogP contribution in [-0.2, 0) is 12.8 Å². The van der Waals surface area contributed by atoms with Crippen molar-refractivity contribution in [2.24, 2.45) is 11.7 Å². The van der Waals surface area contributed by atoms with Crippen LogP contribution in [0.1, 0.15) is 49.4 Å². The maximum Gasteiger partial charge on any atom is 0.0432 e. The van der Waals surface area contributed by atoms with Crippen LogP contribution in [0.5, 0.6) is 0 Å². The highest BCUT2D eigenvalue weighted by Crippen LogP contribution is 2.38. The van der Waals surface area contributed by atoms with Gasteiger partial charge in [0.2, 0.25) is 0 Å². The third-order valence-corrected chi connectivity index (χ3v) is 4.29. The number of hydrogen-bond acceptors (Lipinski definition) is 2. The summed E-state index contributed by atoms with van der Waals surface area (Å²) in [6, 6.07) is 4.96. The average molecular weight is 244 g/mol. The fourth-order valence-corrected chi connectivity index (χ4v) is 3.48. The normalized spacial score (nSPS) is 19.2. The number of aryl methyl sites for hydroxylation is 1. The van der Waals surface area contributed by atoms with Crippen molar-refractivity contribution in [3.05, 3.63) is 28.8 Å². The lowest BCUT2D eigenvalue weighted by atomic mass is 9.91. The fraction of sp³-hybridized carbons (Fsp3) is 0.625. The Labute approximate surface area is 110 Å². The zero-order valence-corrected chi connectivity index (χ0v) is 11.6. The Kier molecular flexibility index (Phi) is 3.06. The highest BCUT2D eigenvalue weighted by molar-refractivity contribution is 5.66. The van der Waals surface area contributed by atoms with Crippen LogP contribution in [0.4, 0.5) is 5.69 Å². The van der Waals surface area contributed by atoms with Gasteiger partial charge in [-0.1, -0.05) is 26.0 Å². The predicted molar refractivity (Wildman–Crippen MR) is 77.1 cm³/mol. The largest absolute Gasteiger partial charge is 0.371 e. The molecule has 1 unspecified atom stereocenters. The third kappa shape index (κ3) is 2.03. The van der Waals surface area contributed by atoms with Crippen molar-refractivity contribution < 1.29 is 0 Å². The molecule has 0 aromatic heterocycles. The molecule has 2 aliphatic heterocycles. The summed E-state index contributed by atoms with van der Waals surface area (Å²) in [6.45, 7) is 6.96. The minimum atomic E-state index is 0.211. The van der Waals surface area contributed by atoms with E-state index in [1.807, 2.05) is 0 Å². The molecule has 2 heteroatoms. The summed E-state index contributed by atoms with van der Waals surface area (Å²) in [6.07, 6.45) is 4.84. The minimum absolute atomic E-state index is 0.211. The molecule has 2 nitrogen and oxygen atoms in total. The molecule has 0 fully saturated rings. The monoisotopic (exact) mass is 244 g/mol. The third-order valence-electron chi connectivity index (χ3n) is 4.29. The minimum Gasteiger partial charge on any atom is -0.371 e. The van der Waals surface area contributed by atoms with Crippen LogP contribution >= 0.6 is 0 Å². The van der Waals surface area contributed by atoms with Gasteiger partial charge in [0.05, 0.1) is 0 Å². The molecule has 0 saturated heterocycles.